The van der Waals surface area contributed by atoms with Gasteiger partial charge in [0, 0.05) is 5.56 Å². The lowest BCUT2D eigenvalue weighted by molar-refractivity contribution is -0.115. The van der Waals surface area contributed by atoms with Gasteiger partial charge in [-0.2, -0.15) is 0 Å². The summed E-state index contributed by atoms with van der Waals surface area (Å²) in [5.74, 6) is 1.23. The minimum atomic E-state index is -3.37. The van der Waals surface area contributed by atoms with Crippen LogP contribution in [0.15, 0.2) is 45.7 Å². The van der Waals surface area contributed by atoms with E-state index in [0.717, 1.165) is 0 Å². The van der Waals surface area contributed by atoms with E-state index in [9.17, 15) is 13.2 Å². The van der Waals surface area contributed by atoms with Crippen LogP contribution in [0.3, 0.4) is 0 Å². The molecule has 0 bridgehead atoms. The number of amides is 1. The average Bonchev–Trinajstić information content (AvgIpc) is 3.29. The fraction of sp³-hybridized carbons (Fsp3) is 0.400. The molecule has 0 aliphatic rings. The second kappa shape index (κ2) is 11.9. The van der Waals surface area contributed by atoms with Crippen LogP contribution in [0, 0.1) is 0 Å². The van der Waals surface area contributed by atoms with Crippen molar-refractivity contribution in [2.45, 2.75) is 51.2 Å². The fourth-order valence-corrected chi connectivity index (χ4v) is 4.38. The molecule has 1 aromatic heterocycles. The minimum Gasteiger partial charge on any atom is -0.490 e. The second-order valence-electron chi connectivity index (χ2n) is 7.98. The van der Waals surface area contributed by atoms with Gasteiger partial charge in [-0.25, -0.2) is 8.42 Å². The Morgan fingerprint density at radius 2 is 1.53 bits per heavy atom. The van der Waals surface area contributed by atoms with Crippen LogP contribution in [0.5, 0.6) is 17.2 Å². The van der Waals surface area contributed by atoms with Crippen LogP contribution in [0.1, 0.15) is 40.2 Å². The molecule has 0 fully saturated rings. The Hall–Kier alpha value is -3.60. The molecule has 1 amide bonds. The van der Waals surface area contributed by atoms with Gasteiger partial charge in [-0.05, 0) is 64.4 Å². The van der Waals surface area contributed by atoms with Crippen LogP contribution in [0.25, 0.3) is 11.5 Å². The van der Waals surface area contributed by atoms with Crippen molar-refractivity contribution in [3.63, 3.8) is 0 Å². The number of sulfone groups is 1. The number of hydrogen-bond acceptors (Lipinski definition) is 9. The lowest BCUT2D eigenvalue weighted by Crippen LogP contribution is -2.16. The summed E-state index contributed by atoms with van der Waals surface area (Å²) in [4.78, 5) is 12.7. The molecule has 2 aromatic carbocycles. The van der Waals surface area contributed by atoms with Gasteiger partial charge in [0.25, 0.3) is 0 Å². The SMILES string of the molecule is CCOc1cc(-c2nnc(NC(=O)Cc3ccc(S(=O)(=O)C(C)C)cc3)o2)cc(OCC)c1OCC. The van der Waals surface area contributed by atoms with Gasteiger partial charge < -0.3 is 18.6 Å². The number of carbonyl (C=O) groups is 1. The summed E-state index contributed by atoms with van der Waals surface area (Å²) in [7, 11) is -3.37. The standard InChI is InChI=1S/C25H31N3O7S/c1-6-32-20-14-18(15-21(33-7-2)23(20)34-8-3)24-27-28-25(35-24)26-22(29)13-17-9-11-19(12-10-17)36(30,31)16(4)5/h9-12,14-16H,6-8,13H2,1-5H3,(H,26,28,29). The number of aromatic nitrogens is 2. The third-order valence-corrected chi connectivity index (χ3v) is 7.24. The topological polar surface area (TPSA) is 130 Å². The van der Waals surface area contributed by atoms with Crippen molar-refractivity contribution in [3.8, 4) is 28.7 Å². The average molecular weight is 518 g/mol. The molecular formula is C25H31N3O7S. The Labute approximate surface area is 210 Å². The maximum absolute atomic E-state index is 12.5. The summed E-state index contributed by atoms with van der Waals surface area (Å²) in [6.07, 6.45) is 0.00570. The number of rotatable bonds is 12. The molecule has 11 heteroatoms. The van der Waals surface area contributed by atoms with Crippen molar-refractivity contribution in [1.82, 2.24) is 10.2 Å². The molecule has 0 spiro atoms. The first kappa shape index (κ1) is 27.0. The number of anilines is 1. The first-order valence-corrected chi connectivity index (χ1v) is 13.3. The molecule has 0 radical (unpaired) electrons. The third-order valence-electron chi connectivity index (χ3n) is 5.06. The van der Waals surface area contributed by atoms with Crippen molar-refractivity contribution in [2.24, 2.45) is 0 Å². The Bertz CT molecular complexity index is 1260. The Kier molecular flexibility index (Phi) is 8.92. The second-order valence-corrected chi connectivity index (χ2v) is 10.5. The van der Waals surface area contributed by atoms with E-state index in [1.54, 1.807) is 38.1 Å². The van der Waals surface area contributed by atoms with Crippen molar-refractivity contribution in [1.29, 1.82) is 0 Å². The Morgan fingerprint density at radius 3 is 2.06 bits per heavy atom. The van der Waals surface area contributed by atoms with Crippen molar-refractivity contribution >= 4 is 21.8 Å². The fourth-order valence-electron chi connectivity index (χ4n) is 3.32. The molecule has 0 saturated carbocycles. The first-order valence-electron chi connectivity index (χ1n) is 11.7. The molecule has 0 aliphatic carbocycles. The molecule has 1 heterocycles. The highest BCUT2D eigenvalue weighted by Gasteiger charge is 2.21. The van der Waals surface area contributed by atoms with E-state index in [2.05, 4.69) is 15.5 Å². The van der Waals surface area contributed by atoms with E-state index >= 15 is 0 Å². The summed E-state index contributed by atoms with van der Waals surface area (Å²) < 4.78 is 47.3. The lowest BCUT2D eigenvalue weighted by Gasteiger charge is -2.16. The van der Waals surface area contributed by atoms with E-state index in [0.29, 0.717) is 48.2 Å². The molecular weight excluding hydrogens is 486 g/mol. The predicted molar refractivity (Wildman–Crippen MR) is 134 cm³/mol. The molecule has 10 nitrogen and oxygen atoms in total. The third kappa shape index (κ3) is 6.34. The normalized spacial score (nSPS) is 11.4. The Balaban J connectivity index is 1.75. The summed E-state index contributed by atoms with van der Waals surface area (Å²) >= 11 is 0. The highest BCUT2D eigenvalue weighted by Crippen LogP contribution is 2.41. The largest absolute Gasteiger partial charge is 0.490 e. The highest BCUT2D eigenvalue weighted by molar-refractivity contribution is 7.92. The van der Waals surface area contributed by atoms with E-state index < -0.39 is 15.1 Å². The van der Waals surface area contributed by atoms with E-state index in [1.807, 2.05) is 20.8 Å². The van der Waals surface area contributed by atoms with Crippen LogP contribution in [0.2, 0.25) is 0 Å². The van der Waals surface area contributed by atoms with Gasteiger partial charge in [-0.1, -0.05) is 17.2 Å². The Morgan fingerprint density at radius 1 is 0.944 bits per heavy atom. The molecule has 3 aromatic rings. The zero-order chi connectivity index (χ0) is 26.3. The number of carbonyl (C=O) groups excluding carboxylic acids is 1. The van der Waals surface area contributed by atoms with Crippen molar-refractivity contribution < 1.29 is 31.8 Å². The number of benzene rings is 2. The molecule has 36 heavy (non-hydrogen) atoms. The van der Waals surface area contributed by atoms with Gasteiger partial charge in [-0.15, -0.1) is 5.10 Å². The number of nitrogens with one attached hydrogen (secondary N) is 1. The van der Waals surface area contributed by atoms with Crippen LogP contribution in [0.4, 0.5) is 6.01 Å². The molecule has 1 N–H and O–H groups in total. The van der Waals surface area contributed by atoms with Gasteiger partial charge in [0.1, 0.15) is 0 Å². The van der Waals surface area contributed by atoms with Gasteiger partial charge in [0.05, 0.1) is 36.4 Å². The first-order chi connectivity index (χ1) is 17.2. The van der Waals surface area contributed by atoms with Gasteiger partial charge >= 0.3 is 6.01 Å². The quantitative estimate of drug-likeness (QED) is 0.374. The van der Waals surface area contributed by atoms with E-state index in [1.165, 1.54) is 12.1 Å². The summed E-state index contributed by atoms with van der Waals surface area (Å²) in [6, 6.07) is 9.57. The number of hydrogen-bond donors (Lipinski definition) is 1. The van der Waals surface area contributed by atoms with E-state index in [-0.39, 0.29) is 29.1 Å². The zero-order valence-corrected chi connectivity index (χ0v) is 21.8. The predicted octanol–water partition coefficient (Wildman–Crippen LogP) is 4.30. The molecule has 0 aliphatic heterocycles. The maximum Gasteiger partial charge on any atom is 0.322 e. The summed E-state index contributed by atoms with van der Waals surface area (Å²) in [5, 5.41) is 9.98. The molecule has 194 valence electrons. The summed E-state index contributed by atoms with van der Waals surface area (Å²) in [6.45, 7) is 10.1. The lowest BCUT2D eigenvalue weighted by atomic mass is 10.1. The van der Waals surface area contributed by atoms with Crippen LogP contribution in [-0.2, 0) is 21.1 Å². The minimum absolute atomic E-state index is 0.00570. The van der Waals surface area contributed by atoms with Crippen molar-refractivity contribution in [3.05, 3.63) is 42.0 Å². The van der Waals surface area contributed by atoms with Crippen LogP contribution < -0.4 is 19.5 Å². The number of ether oxygens (including phenoxy) is 3. The molecule has 0 unspecified atom stereocenters. The number of nitrogens with zero attached hydrogens (tertiary/aromatic N) is 2. The smallest absolute Gasteiger partial charge is 0.322 e. The van der Waals surface area contributed by atoms with Crippen molar-refractivity contribution in [2.75, 3.05) is 25.1 Å². The maximum atomic E-state index is 12.5. The van der Waals surface area contributed by atoms with Gasteiger partial charge in [-0.3, -0.25) is 10.1 Å². The monoisotopic (exact) mass is 517 g/mol. The summed E-state index contributed by atoms with van der Waals surface area (Å²) in [5.41, 5.74) is 1.18. The molecule has 0 saturated heterocycles. The van der Waals surface area contributed by atoms with Gasteiger partial charge in [0.15, 0.2) is 21.3 Å². The van der Waals surface area contributed by atoms with Gasteiger partial charge in [0.2, 0.25) is 17.5 Å². The highest BCUT2D eigenvalue weighted by atomic mass is 32.2. The zero-order valence-electron chi connectivity index (χ0n) is 21.0. The van der Waals surface area contributed by atoms with Crippen LogP contribution >= 0.6 is 0 Å². The molecule has 3 rings (SSSR count). The molecule has 0 atom stereocenters. The van der Waals surface area contributed by atoms with E-state index in [4.69, 9.17) is 18.6 Å². The van der Waals surface area contributed by atoms with Crippen LogP contribution in [-0.4, -0.2) is 49.6 Å².